The quantitative estimate of drug-likeness (QED) is 0.483. The van der Waals surface area contributed by atoms with Gasteiger partial charge in [-0.2, -0.15) is 0 Å². The summed E-state index contributed by atoms with van der Waals surface area (Å²) in [6, 6.07) is 7.93. The van der Waals surface area contributed by atoms with E-state index in [4.69, 9.17) is 22.0 Å². The summed E-state index contributed by atoms with van der Waals surface area (Å²) in [6.45, 7) is 0. The van der Waals surface area contributed by atoms with Crippen molar-refractivity contribution in [3.05, 3.63) is 45.7 Å². The Balaban J connectivity index is 2.35. The van der Waals surface area contributed by atoms with Gasteiger partial charge in [0.2, 0.25) is 5.55 Å². The molecule has 4 heteroatoms. The summed E-state index contributed by atoms with van der Waals surface area (Å²) in [5, 5.41) is 11.1. The smallest absolute Gasteiger partial charge is 0.222 e. The predicted molar refractivity (Wildman–Crippen MR) is 81.4 cm³/mol. The first kappa shape index (κ1) is 11.9. The number of para-hydroxylation sites is 1. The third-order valence-electron chi connectivity index (χ3n) is 4.11. The highest BCUT2D eigenvalue weighted by atomic mass is 32.1. The predicted octanol–water partition coefficient (Wildman–Crippen LogP) is 4.00. The summed E-state index contributed by atoms with van der Waals surface area (Å²) in [5.41, 5.74) is 3.48. The van der Waals surface area contributed by atoms with E-state index in [2.05, 4.69) is 11.1 Å². The number of aromatic nitrogens is 1. The highest BCUT2D eigenvalue weighted by Gasteiger charge is 2.17. The van der Waals surface area contributed by atoms with Crippen molar-refractivity contribution < 1.29 is 4.42 Å². The van der Waals surface area contributed by atoms with E-state index in [1.807, 2.05) is 18.2 Å². The maximum absolute atomic E-state index is 8.15. The van der Waals surface area contributed by atoms with Crippen molar-refractivity contribution in [2.75, 3.05) is 0 Å². The molecule has 0 amide bonds. The van der Waals surface area contributed by atoms with Crippen LogP contribution in [0.1, 0.15) is 24.1 Å². The second kappa shape index (κ2) is 4.28. The van der Waals surface area contributed by atoms with Gasteiger partial charge >= 0.3 is 0 Å². The van der Waals surface area contributed by atoms with Crippen LogP contribution in [0.5, 0.6) is 0 Å². The molecule has 0 radical (unpaired) electrons. The maximum Gasteiger partial charge on any atom is 0.222 e. The molecule has 1 aliphatic rings. The molecule has 100 valence electrons. The summed E-state index contributed by atoms with van der Waals surface area (Å²) in [7, 11) is 0. The van der Waals surface area contributed by atoms with Gasteiger partial charge in [0.15, 0.2) is 0 Å². The fraction of sp³-hybridized carbons (Fsp3) is 0.250. The fourth-order valence-corrected chi connectivity index (χ4v) is 3.54. The minimum Gasteiger partial charge on any atom is -0.438 e. The number of rotatable bonds is 0. The lowest BCUT2D eigenvalue weighted by Gasteiger charge is -2.18. The number of pyridine rings is 1. The molecule has 3 nitrogen and oxygen atoms in total. The van der Waals surface area contributed by atoms with Crippen molar-refractivity contribution in [2.45, 2.75) is 25.7 Å². The van der Waals surface area contributed by atoms with Crippen LogP contribution in [0.2, 0.25) is 0 Å². The van der Waals surface area contributed by atoms with E-state index in [1.165, 1.54) is 24.1 Å². The second-order valence-electron chi connectivity index (χ2n) is 5.30. The van der Waals surface area contributed by atoms with Gasteiger partial charge in [-0.3, -0.25) is 5.41 Å². The topological polar surface area (TPSA) is 52.8 Å². The monoisotopic (exact) mass is 282 g/mol. The van der Waals surface area contributed by atoms with Gasteiger partial charge in [-0.1, -0.05) is 30.4 Å². The van der Waals surface area contributed by atoms with Crippen molar-refractivity contribution in [1.82, 2.24) is 4.98 Å². The van der Waals surface area contributed by atoms with Crippen LogP contribution in [0.3, 0.4) is 0 Å². The summed E-state index contributed by atoms with van der Waals surface area (Å²) in [5.74, 6) is 0. The molecule has 0 atom stereocenters. The van der Waals surface area contributed by atoms with Gasteiger partial charge in [0.05, 0.1) is 5.39 Å². The summed E-state index contributed by atoms with van der Waals surface area (Å²) in [4.78, 5) is 3.31. The molecule has 0 saturated carbocycles. The molecule has 0 aliphatic heterocycles. The average Bonchev–Trinajstić information content (AvgIpc) is 2.46. The van der Waals surface area contributed by atoms with Gasteiger partial charge in [-0.15, -0.1) is 0 Å². The van der Waals surface area contributed by atoms with Crippen LogP contribution in [0.4, 0.5) is 0 Å². The van der Waals surface area contributed by atoms with Crippen molar-refractivity contribution in [3.8, 4) is 0 Å². The lowest BCUT2D eigenvalue weighted by atomic mass is 9.91. The van der Waals surface area contributed by atoms with Gasteiger partial charge in [0.1, 0.15) is 10.2 Å². The number of nitrogens with one attached hydrogen (secondary N) is 2. The molecule has 1 aromatic carbocycles. The number of aryl methyl sites for hydroxylation is 2. The first-order valence-electron chi connectivity index (χ1n) is 6.90. The second-order valence-corrected chi connectivity index (χ2v) is 5.70. The van der Waals surface area contributed by atoms with E-state index in [-0.39, 0.29) is 5.55 Å². The van der Waals surface area contributed by atoms with Crippen LogP contribution >= 0.6 is 12.2 Å². The highest BCUT2D eigenvalue weighted by Crippen LogP contribution is 2.31. The molecule has 4 rings (SSSR count). The number of hydrogen-bond donors (Lipinski definition) is 2. The van der Waals surface area contributed by atoms with Crippen LogP contribution in [0, 0.1) is 10.0 Å². The zero-order valence-corrected chi connectivity index (χ0v) is 11.8. The lowest BCUT2D eigenvalue weighted by molar-refractivity contribution is 0.541. The molecule has 1 aliphatic carbocycles. The van der Waals surface area contributed by atoms with Gasteiger partial charge in [-0.25, -0.2) is 0 Å². The van der Waals surface area contributed by atoms with Gasteiger partial charge in [0.25, 0.3) is 0 Å². The van der Waals surface area contributed by atoms with E-state index in [0.29, 0.717) is 4.64 Å². The van der Waals surface area contributed by atoms with E-state index < -0.39 is 0 Å². The molecule has 0 fully saturated rings. The Kier molecular flexibility index (Phi) is 2.54. The highest BCUT2D eigenvalue weighted by molar-refractivity contribution is 7.71. The van der Waals surface area contributed by atoms with Gasteiger partial charge in [0, 0.05) is 16.5 Å². The zero-order chi connectivity index (χ0) is 13.7. The average molecular weight is 282 g/mol. The Hall–Kier alpha value is -1.94. The third kappa shape index (κ3) is 1.58. The molecule has 3 aromatic rings. The van der Waals surface area contributed by atoms with Crippen LogP contribution in [0.25, 0.3) is 21.7 Å². The van der Waals surface area contributed by atoms with E-state index in [9.17, 15) is 0 Å². The largest absolute Gasteiger partial charge is 0.438 e. The standard InChI is InChI=1S/C16H14N2OS/c17-15-14-13(10-6-2-4-8-12(10)19-15)9-5-1-3-7-11(9)18-16(14)20/h2,4,6,8,17H,1,3,5,7H2,(H,18,20). The summed E-state index contributed by atoms with van der Waals surface area (Å²) < 4.78 is 6.25. The fourth-order valence-electron chi connectivity index (χ4n) is 3.22. The van der Waals surface area contributed by atoms with Crippen molar-refractivity contribution in [3.63, 3.8) is 0 Å². The van der Waals surface area contributed by atoms with Crippen LogP contribution in [0.15, 0.2) is 28.7 Å². The van der Waals surface area contributed by atoms with Crippen LogP contribution in [-0.2, 0) is 12.8 Å². The zero-order valence-electron chi connectivity index (χ0n) is 11.0. The number of benzene rings is 1. The summed E-state index contributed by atoms with van der Waals surface area (Å²) >= 11 is 5.45. The molecular formula is C16H14N2OS. The Labute approximate surface area is 120 Å². The number of fused-ring (bicyclic) bond motifs is 5. The number of hydrogen-bond acceptors (Lipinski definition) is 3. The van der Waals surface area contributed by atoms with Gasteiger partial charge in [-0.05, 0) is 37.3 Å². The Bertz CT molecular complexity index is 952. The van der Waals surface area contributed by atoms with Crippen molar-refractivity contribution >= 4 is 34.0 Å². The minimum atomic E-state index is 0.160. The SMILES string of the molecule is N=c1oc2ccccc2c2c3c([nH]c(=S)c12)CCCC3. The minimum absolute atomic E-state index is 0.160. The molecule has 20 heavy (non-hydrogen) atoms. The van der Waals surface area contributed by atoms with Crippen LogP contribution in [-0.4, -0.2) is 4.98 Å². The van der Waals surface area contributed by atoms with Crippen molar-refractivity contribution in [1.29, 1.82) is 5.41 Å². The van der Waals surface area contributed by atoms with E-state index >= 15 is 0 Å². The maximum atomic E-state index is 8.15. The molecule has 2 N–H and O–H groups in total. The van der Waals surface area contributed by atoms with Gasteiger partial charge < -0.3 is 9.40 Å². The lowest BCUT2D eigenvalue weighted by Crippen LogP contribution is -2.11. The third-order valence-corrected chi connectivity index (χ3v) is 4.41. The number of H-pyrrole nitrogens is 1. The normalized spacial score (nSPS) is 14.6. The Morgan fingerprint density at radius 1 is 1.10 bits per heavy atom. The summed E-state index contributed by atoms with van der Waals surface area (Å²) in [6.07, 6.45) is 4.49. The first-order chi connectivity index (χ1) is 9.75. The van der Waals surface area contributed by atoms with E-state index in [1.54, 1.807) is 0 Å². The first-order valence-corrected chi connectivity index (χ1v) is 7.31. The molecule has 0 spiro atoms. The molecule has 0 saturated heterocycles. The Morgan fingerprint density at radius 2 is 1.90 bits per heavy atom. The van der Waals surface area contributed by atoms with Crippen LogP contribution < -0.4 is 5.55 Å². The number of aromatic amines is 1. The van der Waals surface area contributed by atoms with Crippen molar-refractivity contribution in [2.24, 2.45) is 0 Å². The molecule has 2 aromatic heterocycles. The molecule has 0 unspecified atom stereocenters. The molecular weight excluding hydrogens is 268 g/mol. The Morgan fingerprint density at radius 3 is 2.80 bits per heavy atom. The molecule has 2 heterocycles. The molecule has 0 bridgehead atoms. The van der Waals surface area contributed by atoms with E-state index in [0.717, 1.165) is 34.6 Å².